The molecular weight excluding hydrogens is 198 g/mol. The predicted octanol–water partition coefficient (Wildman–Crippen LogP) is 1.04. The fraction of sp³-hybridized carbons (Fsp3) is 0.800. The van der Waals surface area contributed by atoms with Crippen LogP contribution >= 0.6 is 0 Å². The Bertz CT molecular complexity index is 205. The van der Waals surface area contributed by atoms with Crippen LogP contribution in [-0.4, -0.2) is 46.7 Å². The van der Waals surface area contributed by atoms with E-state index >= 15 is 0 Å². The number of hydrogen-bond acceptors (Lipinski definition) is 3. The van der Waals surface area contributed by atoms with Crippen LogP contribution in [0.4, 0.5) is 0 Å². The van der Waals surface area contributed by atoms with Gasteiger partial charge in [-0.25, -0.2) is 9.59 Å². The van der Waals surface area contributed by atoms with Crippen molar-refractivity contribution in [1.29, 1.82) is 0 Å². The maximum Gasteiger partial charge on any atom is 0.414 e. The van der Waals surface area contributed by atoms with E-state index in [0.29, 0.717) is 0 Å². The van der Waals surface area contributed by atoms with E-state index in [1.807, 2.05) is 0 Å². The second-order valence-corrected chi connectivity index (χ2v) is 3.68. The third-order valence-corrected chi connectivity index (χ3v) is 2.51. The number of carboxylic acids is 2. The number of nitrogens with zero attached hydrogens (tertiary/aromatic N) is 1. The van der Waals surface area contributed by atoms with Gasteiger partial charge >= 0.3 is 11.9 Å². The van der Waals surface area contributed by atoms with Crippen molar-refractivity contribution >= 4 is 11.9 Å². The molecule has 15 heavy (non-hydrogen) atoms. The monoisotopic (exact) mass is 217 g/mol. The van der Waals surface area contributed by atoms with E-state index in [2.05, 4.69) is 18.9 Å². The van der Waals surface area contributed by atoms with Crippen molar-refractivity contribution in [2.45, 2.75) is 38.6 Å². The van der Waals surface area contributed by atoms with Crippen LogP contribution in [0.3, 0.4) is 0 Å². The number of likely N-dealkylation sites (tertiary alicyclic amines) is 1. The SMILES string of the molecule is CCCCC1CCN1C.O=C(O)C(=O)O. The van der Waals surface area contributed by atoms with E-state index in [1.165, 1.54) is 32.2 Å². The molecule has 0 aliphatic carbocycles. The highest BCUT2D eigenvalue weighted by Gasteiger charge is 2.22. The second-order valence-electron chi connectivity index (χ2n) is 3.68. The van der Waals surface area contributed by atoms with Gasteiger partial charge in [-0.05, 0) is 26.4 Å². The summed E-state index contributed by atoms with van der Waals surface area (Å²) in [4.78, 5) is 20.7. The highest BCUT2D eigenvalue weighted by molar-refractivity contribution is 6.27. The van der Waals surface area contributed by atoms with Gasteiger partial charge in [0.25, 0.3) is 0 Å². The molecule has 5 nitrogen and oxygen atoms in total. The van der Waals surface area contributed by atoms with Crippen LogP contribution in [0, 0.1) is 0 Å². The van der Waals surface area contributed by atoms with Crippen LogP contribution in [-0.2, 0) is 9.59 Å². The first-order valence-corrected chi connectivity index (χ1v) is 5.15. The van der Waals surface area contributed by atoms with E-state index in [1.54, 1.807) is 0 Å². The molecule has 1 saturated heterocycles. The molecule has 5 heteroatoms. The van der Waals surface area contributed by atoms with Gasteiger partial charge in [0.15, 0.2) is 0 Å². The molecular formula is C10H19NO4. The lowest BCUT2D eigenvalue weighted by atomic mass is 9.98. The first kappa shape index (κ1) is 13.9. The van der Waals surface area contributed by atoms with E-state index in [0.717, 1.165) is 6.04 Å². The van der Waals surface area contributed by atoms with Gasteiger partial charge in [0.1, 0.15) is 0 Å². The number of unbranched alkanes of at least 4 members (excludes halogenated alkanes) is 1. The van der Waals surface area contributed by atoms with Gasteiger partial charge in [-0.15, -0.1) is 0 Å². The number of rotatable bonds is 3. The molecule has 2 N–H and O–H groups in total. The maximum atomic E-state index is 9.10. The van der Waals surface area contributed by atoms with Crippen molar-refractivity contribution in [3.05, 3.63) is 0 Å². The van der Waals surface area contributed by atoms with E-state index in [-0.39, 0.29) is 0 Å². The van der Waals surface area contributed by atoms with Gasteiger partial charge in [0.05, 0.1) is 0 Å². The zero-order valence-electron chi connectivity index (χ0n) is 9.27. The molecule has 1 aliphatic rings. The minimum Gasteiger partial charge on any atom is -0.473 e. The van der Waals surface area contributed by atoms with Crippen molar-refractivity contribution in [3.63, 3.8) is 0 Å². The fourth-order valence-electron chi connectivity index (χ4n) is 1.37. The lowest BCUT2D eigenvalue weighted by molar-refractivity contribution is -0.159. The Morgan fingerprint density at radius 2 is 1.87 bits per heavy atom. The third kappa shape index (κ3) is 6.06. The van der Waals surface area contributed by atoms with Gasteiger partial charge in [0, 0.05) is 6.04 Å². The molecule has 1 unspecified atom stereocenters. The van der Waals surface area contributed by atoms with Crippen LogP contribution < -0.4 is 0 Å². The third-order valence-electron chi connectivity index (χ3n) is 2.51. The van der Waals surface area contributed by atoms with Crippen LogP contribution in [0.1, 0.15) is 32.6 Å². The Labute approximate surface area is 89.7 Å². The zero-order valence-corrected chi connectivity index (χ0v) is 9.27. The smallest absolute Gasteiger partial charge is 0.414 e. The summed E-state index contributed by atoms with van der Waals surface area (Å²) in [7, 11) is 2.23. The molecule has 0 saturated carbocycles. The normalized spacial score (nSPS) is 19.7. The second kappa shape index (κ2) is 7.23. The van der Waals surface area contributed by atoms with Crippen LogP contribution in [0.25, 0.3) is 0 Å². The Morgan fingerprint density at radius 3 is 2.07 bits per heavy atom. The molecule has 88 valence electrons. The minimum absolute atomic E-state index is 0.935. The highest BCUT2D eigenvalue weighted by atomic mass is 16.4. The van der Waals surface area contributed by atoms with E-state index in [9.17, 15) is 0 Å². The van der Waals surface area contributed by atoms with E-state index in [4.69, 9.17) is 19.8 Å². The molecule has 0 spiro atoms. The van der Waals surface area contributed by atoms with Crippen LogP contribution in [0.2, 0.25) is 0 Å². The average molecular weight is 217 g/mol. The molecule has 1 heterocycles. The van der Waals surface area contributed by atoms with Crippen molar-refractivity contribution in [2.75, 3.05) is 13.6 Å². The largest absolute Gasteiger partial charge is 0.473 e. The summed E-state index contributed by atoms with van der Waals surface area (Å²) in [6.07, 6.45) is 5.63. The highest BCUT2D eigenvalue weighted by Crippen LogP contribution is 2.19. The molecule has 0 radical (unpaired) electrons. The first-order valence-electron chi connectivity index (χ1n) is 5.15. The fourth-order valence-corrected chi connectivity index (χ4v) is 1.37. The summed E-state index contributed by atoms with van der Waals surface area (Å²) in [6.45, 7) is 3.59. The molecule has 0 bridgehead atoms. The van der Waals surface area contributed by atoms with Gasteiger partial charge < -0.3 is 15.1 Å². The number of hydrogen-bond donors (Lipinski definition) is 2. The topological polar surface area (TPSA) is 77.8 Å². The Balaban J connectivity index is 0.000000288. The predicted molar refractivity (Wildman–Crippen MR) is 55.8 cm³/mol. The first-order chi connectivity index (χ1) is 6.99. The van der Waals surface area contributed by atoms with Crippen molar-refractivity contribution in [3.8, 4) is 0 Å². The number of aliphatic carboxylic acids is 2. The summed E-state index contributed by atoms with van der Waals surface area (Å²) < 4.78 is 0. The van der Waals surface area contributed by atoms with Gasteiger partial charge in [-0.1, -0.05) is 19.8 Å². The Kier molecular flexibility index (Phi) is 6.70. The van der Waals surface area contributed by atoms with Crippen molar-refractivity contribution in [2.24, 2.45) is 0 Å². The lowest BCUT2D eigenvalue weighted by Gasteiger charge is -2.37. The Morgan fingerprint density at radius 1 is 1.33 bits per heavy atom. The minimum atomic E-state index is -1.82. The molecule has 0 aromatic heterocycles. The molecule has 1 atom stereocenters. The zero-order chi connectivity index (χ0) is 11.8. The lowest BCUT2D eigenvalue weighted by Crippen LogP contribution is -2.44. The van der Waals surface area contributed by atoms with Crippen molar-refractivity contribution in [1.82, 2.24) is 4.90 Å². The summed E-state index contributed by atoms with van der Waals surface area (Å²) >= 11 is 0. The molecule has 1 rings (SSSR count). The van der Waals surface area contributed by atoms with Crippen molar-refractivity contribution < 1.29 is 19.8 Å². The summed E-state index contributed by atoms with van der Waals surface area (Å²) in [6, 6.07) is 0.935. The summed E-state index contributed by atoms with van der Waals surface area (Å²) in [5.41, 5.74) is 0. The quantitative estimate of drug-likeness (QED) is 0.690. The maximum absolute atomic E-state index is 9.10. The summed E-state index contributed by atoms with van der Waals surface area (Å²) in [5, 5.41) is 14.8. The van der Waals surface area contributed by atoms with Crippen LogP contribution in [0.5, 0.6) is 0 Å². The standard InChI is InChI=1S/C8H17N.C2H2O4/c1-3-4-5-8-6-7-9(8)2;3-1(4)2(5)6/h8H,3-7H2,1-2H3;(H,3,4)(H,5,6). The molecule has 0 aromatic carbocycles. The molecule has 0 aromatic rings. The number of carbonyl (C=O) groups is 2. The van der Waals surface area contributed by atoms with Gasteiger partial charge in [0.2, 0.25) is 0 Å². The molecule has 1 aliphatic heterocycles. The summed E-state index contributed by atoms with van der Waals surface area (Å²) in [5.74, 6) is -3.65. The van der Waals surface area contributed by atoms with E-state index < -0.39 is 11.9 Å². The van der Waals surface area contributed by atoms with Gasteiger partial charge in [-0.2, -0.15) is 0 Å². The number of carboxylic acid groups (broad SMARTS) is 2. The Hall–Kier alpha value is -1.10. The van der Waals surface area contributed by atoms with Crippen LogP contribution in [0.15, 0.2) is 0 Å². The molecule has 0 amide bonds. The van der Waals surface area contributed by atoms with Gasteiger partial charge in [-0.3, -0.25) is 0 Å². The average Bonchev–Trinajstić information content (AvgIpc) is 2.17. The molecule has 1 fully saturated rings.